The van der Waals surface area contributed by atoms with Gasteiger partial charge in [0.05, 0.1) is 0 Å². The molecule has 0 N–H and O–H groups in total. The molecule has 0 radical (unpaired) electrons. The quantitative estimate of drug-likeness (QED) is 0.691. The van der Waals surface area contributed by atoms with E-state index in [-0.39, 0.29) is 12.1 Å². The van der Waals surface area contributed by atoms with Crippen LogP contribution in [0.2, 0.25) is 0 Å². The van der Waals surface area contributed by atoms with Crippen LogP contribution in [0.15, 0.2) is 0 Å². The maximum absolute atomic E-state index is 5.78. The molecule has 1 saturated heterocycles. The fourth-order valence-corrected chi connectivity index (χ4v) is 4.95. The monoisotopic (exact) mass is 240 g/mol. The summed E-state index contributed by atoms with van der Waals surface area (Å²) in [5.74, 6) is -0.277. The predicted molar refractivity (Wildman–Crippen MR) is 58.3 cm³/mol. The van der Waals surface area contributed by atoms with Crippen LogP contribution in [0.25, 0.3) is 0 Å². The van der Waals surface area contributed by atoms with Crippen molar-refractivity contribution in [2.75, 3.05) is 21.3 Å². The SMILES string of the molecule is CCC1OC(CC)P(OC)(OC)(OC)O1. The molecule has 1 fully saturated rings. The van der Waals surface area contributed by atoms with Crippen molar-refractivity contribution < 1.29 is 22.8 Å². The van der Waals surface area contributed by atoms with Crippen LogP contribution in [-0.4, -0.2) is 33.5 Å². The number of hydrogen-bond acceptors (Lipinski definition) is 5. The average Bonchev–Trinajstić information content (AvgIpc) is 2.65. The summed E-state index contributed by atoms with van der Waals surface area (Å²) >= 11 is 0. The van der Waals surface area contributed by atoms with Gasteiger partial charge < -0.3 is 0 Å². The minimum absolute atomic E-state index is 0.277. The van der Waals surface area contributed by atoms with Crippen LogP contribution in [0.1, 0.15) is 26.7 Å². The zero-order chi connectivity index (χ0) is 11.6. The third kappa shape index (κ3) is 1.82. The van der Waals surface area contributed by atoms with Crippen molar-refractivity contribution >= 4 is 7.51 Å². The molecule has 0 aliphatic carbocycles. The van der Waals surface area contributed by atoms with Crippen LogP contribution in [0.3, 0.4) is 0 Å². The van der Waals surface area contributed by atoms with Gasteiger partial charge in [-0.25, -0.2) is 0 Å². The molecule has 0 aromatic carbocycles. The molecule has 1 heterocycles. The molecule has 1 aliphatic heterocycles. The second-order valence-corrected chi connectivity index (χ2v) is 6.98. The van der Waals surface area contributed by atoms with E-state index in [1.54, 1.807) is 0 Å². The Bertz CT molecular complexity index is 208. The Morgan fingerprint density at radius 3 is 1.80 bits per heavy atom. The van der Waals surface area contributed by atoms with Gasteiger partial charge in [0.2, 0.25) is 0 Å². The first kappa shape index (κ1) is 13.3. The van der Waals surface area contributed by atoms with Crippen LogP contribution in [0.5, 0.6) is 0 Å². The van der Waals surface area contributed by atoms with Crippen molar-refractivity contribution in [3.05, 3.63) is 0 Å². The van der Waals surface area contributed by atoms with E-state index in [1.807, 2.05) is 13.8 Å². The Kier molecular flexibility index (Phi) is 4.09. The predicted octanol–water partition coefficient (Wildman–Crippen LogP) is 2.66. The summed E-state index contributed by atoms with van der Waals surface area (Å²) in [6, 6.07) is 0. The van der Waals surface area contributed by atoms with E-state index in [0.29, 0.717) is 0 Å². The van der Waals surface area contributed by atoms with Crippen molar-refractivity contribution in [2.24, 2.45) is 0 Å². The van der Waals surface area contributed by atoms with Crippen LogP contribution in [0.4, 0.5) is 0 Å². The van der Waals surface area contributed by atoms with Gasteiger partial charge in [0.25, 0.3) is 0 Å². The molecule has 0 saturated carbocycles. The van der Waals surface area contributed by atoms with E-state index < -0.39 is 7.51 Å². The standard InChI is InChI=1S/C9H21O5P/c1-6-8-13-9(7-2)15(10-3,11-4,12-5)14-8/h8-9H,6-7H2,1-5H3. The van der Waals surface area contributed by atoms with Gasteiger partial charge in [-0.1, -0.05) is 0 Å². The van der Waals surface area contributed by atoms with Gasteiger partial charge in [-0.05, 0) is 0 Å². The summed E-state index contributed by atoms with van der Waals surface area (Å²) in [5.41, 5.74) is 0. The Labute approximate surface area is 91.2 Å². The first-order valence-electron chi connectivity index (χ1n) is 5.15. The Hall–Kier alpha value is 0.230. The fraction of sp³-hybridized carbons (Fsp3) is 1.00. The second kappa shape index (κ2) is 4.62. The third-order valence-electron chi connectivity index (χ3n) is 2.76. The zero-order valence-electron chi connectivity index (χ0n) is 10.1. The molecule has 5 nitrogen and oxygen atoms in total. The third-order valence-corrected chi connectivity index (χ3v) is 6.77. The van der Waals surface area contributed by atoms with Gasteiger partial charge >= 0.3 is 90.5 Å². The van der Waals surface area contributed by atoms with Gasteiger partial charge in [-0.2, -0.15) is 0 Å². The first-order valence-corrected chi connectivity index (χ1v) is 7.13. The van der Waals surface area contributed by atoms with E-state index in [4.69, 9.17) is 22.8 Å². The average molecular weight is 240 g/mol. The van der Waals surface area contributed by atoms with Gasteiger partial charge in [-0.15, -0.1) is 0 Å². The van der Waals surface area contributed by atoms with Crippen molar-refractivity contribution in [2.45, 2.75) is 38.8 Å². The number of ether oxygens (including phenoxy) is 1. The Balaban J connectivity index is 3.04. The molecule has 6 heteroatoms. The van der Waals surface area contributed by atoms with Crippen LogP contribution in [-0.2, 0) is 22.8 Å². The van der Waals surface area contributed by atoms with Gasteiger partial charge in [0.15, 0.2) is 0 Å². The van der Waals surface area contributed by atoms with Crippen LogP contribution < -0.4 is 0 Å². The molecule has 2 unspecified atom stereocenters. The molecular formula is C9H21O5P. The van der Waals surface area contributed by atoms with Gasteiger partial charge in [-0.3, -0.25) is 0 Å². The Morgan fingerprint density at radius 2 is 1.53 bits per heavy atom. The van der Waals surface area contributed by atoms with Crippen LogP contribution in [0, 0.1) is 0 Å². The topological polar surface area (TPSA) is 46.2 Å². The summed E-state index contributed by atoms with van der Waals surface area (Å²) in [5, 5.41) is 0. The molecule has 1 rings (SSSR count). The van der Waals surface area contributed by atoms with Crippen molar-refractivity contribution in [1.82, 2.24) is 0 Å². The normalized spacial score (nSPS) is 35.9. The molecule has 15 heavy (non-hydrogen) atoms. The zero-order valence-corrected chi connectivity index (χ0v) is 11.0. The van der Waals surface area contributed by atoms with Crippen molar-refractivity contribution in [3.8, 4) is 0 Å². The van der Waals surface area contributed by atoms with E-state index in [1.165, 1.54) is 21.3 Å². The molecule has 0 aromatic heterocycles. The summed E-state index contributed by atoms with van der Waals surface area (Å²) in [7, 11) is 1.09. The van der Waals surface area contributed by atoms with Crippen LogP contribution >= 0.6 is 7.51 Å². The van der Waals surface area contributed by atoms with E-state index in [0.717, 1.165) is 12.8 Å². The van der Waals surface area contributed by atoms with E-state index >= 15 is 0 Å². The fourth-order valence-electron chi connectivity index (χ4n) is 1.85. The molecule has 0 amide bonds. The summed E-state index contributed by atoms with van der Waals surface area (Å²) in [6.07, 6.45) is 1.15. The molecular weight excluding hydrogens is 219 g/mol. The molecule has 2 atom stereocenters. The Morgan fingerprint density at radius 1 is 1.00 bits per heavy atom. The summed E-state index contributed by atoms with van der Waals surface area (Å²) < 4.78 is 27.9. The number of rotatable bonds is 5. The second-order valence-electron chi connectivity index (χ2n) is 3.36. The molecule has 0 bridgehead atoms. The maximum atomic E-state index is 5.78. The van der Waals surface area contributed by atoms with E-state index in [9.17, 15) is 0 Å². The van der Waals surface area contributed by atoms with E-state index in [2.05, 4.69) is 0 Å². The molecule has 92 valence electrons. The minimum atomic E-state index is -3.52. The summed E-state index contributed by atoms with van der Waals surface area (Å²) in [4.78, 5) is 0. The van der Waals surface area contributed by atoms with Gasteiger partial charge in [0.1, 0.15) is 0 Å². The van der Waals surface area contributed by atoms with Gasteiger partial charge in [0, 0.05) is 0 Å². The van der Waals surface area contributed by atoms with Crippen molar-refractivity contribution in [1.29, 1.82) is 0 Å². The first-order chi connectivity index (χ1) is 7.10. The molecule has 0 aromatic rings. The number of hydrogen-bond donors (Lipinski definition) is 0. The summed E-state index contributed by atoms with van der Waals surface area (Å²) in [6.45, 7) is 3.97. The molecule has 1 aliphatic rings. The molecule has 0 spiro atoms. The van der Waals surface area contributed by atoms with Crippen molar-refractivity contribution in [3.63, 3.8) is 0 Å².